The summed E-state index contributed by atoms with van der Waals surface area (Å²) in [6.45, 7) is 3.83. The minimum atomic E-state index is -3.80. The summed E-state index contributed by atoms with van der Waals surface area (Å²) in [5, 5.41) is 0. The Morgan fingerprint density at radius 3 is 2.74 bits per heavy atom. The van der Waals surface area contributed by atoms with Crippen molar-refractivity contribution in [1.82, 2.24) is 4.72 Å². The molecule has 1 atom stereocenters. The van der Waals surface area contributed by atoms with E-state index in [1.54, 1.807) is 18.7 Å². The summed E-state index contributed by atoms with van der Waals surface area (Å²) in [5.41, 5.74) is 0. The summed E-state index contributed by atoms with van der Waals surface area (Å²) >= 11 is 4.85. The van der Waals surface area contributed by atoms with Crippen LogP contribution in [0.5, 0.6) is 0 Å². The Labute approximate surface area is 126 Å². The number of halogens is 2. The van der Waals surface area contributed by atoms with Gasteiger partial charge in [0.05, 0.1) is 0 Å². The zero-order valence-corrected chi connectivity index (χ0v) is 14.0. The Bertz CT molecular complexity index is 522. The molecule has 0 bridgehead atoms. The molecule has 0 saturated heterocycles. The lowest BCUT2D eigenvalue weighted by Gasteiger charge is -2.14. The first-order valence-corrected chi connectivity index (χ1v) is 9.35. The van der Waals surface area contributed by atoms with Crippen molar-refractivity contribution in [3.63, 3.8) is 0 Å². The molecule has 1 rings (SSSR count). The molecule has 0 aromatic heterocycles. The lowest BCUT2D eigenvalue weighted by atomic mass is 10.3. The topological polar surface area (TPSA) is 46.2 Å². The van der Waals surface area contributed by atoms with E-state index in [1.807, 2.05) is 0 Å². The average molecular weight is 370 g/mol. The molecule has 0 aliphatic heterocycles. The highest BCUT2D eigenvalue weighted by Crippen LogP contribution is 2.19. The van der Waals surface area contributed by atoms with Crippen LogP contribution in [0.3, 0.4) is 0 Å². The molecule has 0 spiro atoms. The first-order valence-electron chi connectivity index (χ1n) is 5.92. The van der Waals surface area contributed by atoms with E-state index >= 15 is 0 Å². The number of sulfonamides is 1. The van der Waals surface area contributed by atoms with Gasteiger partial charge in [0, 0.05) is 10.5 Å². The van der Waals surface area contributed by atoms with E-state index in [2.05, 4.69) is 27.6 Å². The van der Waals surface area contributed by atoms with Gasteiger partial charge >= 0.3 is 0 Å². The van der Waals surface area contributed by atoms with E-state index in [0.29, 0.717) is 4.47 Å². The Hall–Kier alpha value is -0.110. The largest absolute Gasteiger partial charge is 0.243 e. The number of thioether (sulfide) groups is 1. The second-order valence-electron chi connectivity index (χ2n) is 4.08. The van der Waals surface area contributed by atoms with E-state index in [4.69, 9.17) is 0 Å². The predicted molar refractivity (Wildman–Crippen MR) is 81.5 cm³/mol. The average Bonchev–Trinajstić information content (AvgIpc) is 2.27. The summed E-state index contributed by atoms with van der Waals surface area (Å²) in [4.78, 5) is -0.314. The maximum Gasteiger partial charge on any atom is 0.243 e. The molecule has 108 valence electrons. The van der Waals surface area contributed by atoms with Gasteiger partial charge in [-0.1, -0.05) is 22.9 Å². The second kappa shape index (κ2) is 7.61. The van der Waals surface area contributed by atoms with Crippen molar-refractivity contribution in [3.8, 4) is 0 Å². The summed E-state index contributed by atoms with van der Waals surface area (Å²) < 4.78 is 40.7. The fraction of sp³-hybridized carbons (Fsp3) is 0.500. The van der Waals surface area contributed by atoms with E-state index in [0.717, 1.165) is 24.0 Å². The van der Waals surface area contributed by atoms with Crippen LogP contribution in [0.2, 0.25) is 0 Å². The molecule has 0 aliphatic rings. The third-order valence-electron chi connectivity index (χ3n) is 2.44. The van der Waals surface area contributed by atoms with Gasteiger partial charge in [-0.05, 0) is 43.0 Å². The number of hydrogen-bond donors (Lipinski definition) is 1. The van der Waals surface area contributed by atoms with Gasteiger partial charge in [0.2, 0.25) is 10.0 Å². The Kier molecular flexibility index (Phi) is 6.79. The van der Waals surface area contributed by atoms with Crippen molar-refractivity contribution in [2.45, 2.75) is 31.2 Å². The number of benzene rings is 1. The number of nitrogens with one attached hydrogen (secondary N) is 1. The molecule has 1 aromatic rings. The molecular weight excluding hydrogens is 353 g/mol. The molecule has 0 amide bonds. The highest BCUT2D eigenvalue weighted by molar-refractivity contribution is 9.10. The van der Waals surface area contributed by atoms with Crippen LogP contribution >= 0.6 is 27.7 Å². The summed E-state index contributed by atoms with van der Waals surface area (Å²) in [5.74, 6) is 1.13. The van der Waals surface area contributed by atoms with Crippen LogP contribution in [0, 0.1) is 5.82 Å². The maximum atomic E-state index is 13.6. The van der Waals surface area contributed by atoms with E-state index in [-0.39, 0.29) is 10.9 Å². The van der Waals surface area contributed by atoms with E-state index in [9.17, 15) is 12.8 Å². The quantitative estimate of drug-likeness (QED) is 0.749. The molecule has 1 unspecified atom stereocenters. The van der Waals surface area contributed by atoms with Crippen LogP contribution in [-0.4, -0.2) is 26.0 Å². The van der Waals surface area contributed by atoms with Crippen LogP contribution in [0.4, 0.5) is 4.39 Å². The van der Waals surface area contributed by atoms with Crippen molar-refractivity contribution < 1.29 is 12.8 Å². The van der Waals surface area contributed by atoms with Crippen molar-refractivity contribution in [2.24, 2.45) is 0 Å². The molecule has 0 heterocycles. The molecule has 1 N–H and O–H groups in total. The maximum absolute atomic E-state index is 13.6. The lowest BCUT2D eigenvalue weighted by molar-refractivity contribution is 0.540. The molecule has 19 heavy (non-hydrogen) atoms. The molecule has 3 nitrogen and oxygen atoms in total. The first-order chi connectivity index (χ1) is 8.86. The van der Waals surface area contributed by atoms with Crippen LogP contribution < -0.4 is 4.72 Å². The minimum absolute atomic E-state index is 0.216. The van der Waals surface area contributed by atoms with E-state index in [1.165, 1.54) is 12.1 Å². The molecule has 0 radical (unpaired) electrons. The van der Waals surface area contributed by atoms with Crippen molar-refractivity contribution in [3.05, 3.63) is 28.5 Å². The lowest BCUT2D eigenvalue weighted by Crippen LogP contribution is -2.33. The van der Waals surface area contributed by atoms with Crippen molar-refractivity contribution in [1.29, 1.82) is 0 Å². The van der Waals surface area contributed by atoms with Gasteiger partial charge in [0.15, 0.2) is 0 Å². The smallest absolute Gasteiger partial charge is 0.208 e. The monoisotopic (exact) mass is 369 g/mol. The first kappa shape index (κ1) is 16.9. The highest BCUT2D eigenvalue weighted by atomic mass is 79.9. The van der Waals surface area contributed by atoms with Gasteiger partial charge in [0.25, 0.3) is 0 Å². The van der Waals surface area contributed by atoms with Crippen LogP contribution in [0.25, 0.3) is 0 Å². The summed E-state index contributed by atoms with van der Waals surface area (Å²) in [6.07, 6.45) is 0.718. The fourth-order valence-electron chi connectivity index (χ4n) is 1.48. The molecule has 0 aliphatic carbocycles. The summed E-state index contributed by atoms with van der Waals surface area (Å²) in [7, 11) is -3.80. The second-order valence-corrected chi connectivity index (χ2v) is 8.07. The Morgan fingerprint density at radius 2 is 2.16 bits per heavy atom. The van der Waals surface area contributed by atoms with Gasteiger partial charge in [-0.25, -0.2) is 17.5 Å². The molecule has 0 fully saturated rings. The van der Waals surface area contributed by atoms with Gasteiger partial charge in [-0.15, -0.1) is 0 Å². The SMILES string of the molecule is CCSCCC(C)NS(=O)(=O)c1ccc(Br)cc1F. The number of hydrogen-bond acceptors (Lipinski definition) is 3. The predicted octanol–water partition coefficient (Wildman–Crippen LogP) is 3.40. The number of rotatable bonds is 7. The van der Waals surface area contributed by atoms with Gasteiger partial charge < -0.3 is 0 Å². The molecule has 1 aromatic carbocycles. The third-order valence-corrected chi connectivity index (χ3v) is 5.49. The van der Waals surface area contributed by atoms with Crippen LogP contribution in [0.1, 0.15) is 20.3 Å². The Morgan fingerprint density at radius 1 is 1.47 bits per heavy atom. The van der Waals surface area contributed by atoms with Gasteiger partial charge in [0.1, 0.15) is 10.7 Å². The zero-order chi connectivity index (χ0) is 14.5. The summed E-state index contributed by atoms with van der Waals surface area (Å²) in [6, 6.07) is 3.70. The van der Waals surface area contributed by atoms with Crippen LogP contribution in [0.15, 0.2) is 27.6 Å². The van der Waals surface area contributed by atoms with E-state index < -0.39 is 15.8 Å². The minimum Gasteiger partial charge on any atom is -0.208 e. The highest BCUT2D eigenvalue weighted by Gasteiger charge is 2.21. The zero-order valence-electron chi connectivity index (χ0n) is 10.8. The molecule has 0 saturated carbocycles. The van der Waals surface area contributed by atoms with Gasteiger partial charge in [-0.3, -0.25) is 0 Å². The van der Waals surface area contributed by atoms with Crippen LogP contribution in [-0.2, 0) is 10.0 Å². The van der Waals surface area contributed by atoms with Crippen molar-refractivity contribution in [2.75, 3.05) is 11.5 Å². The van der Waals surface area contributed by atoms with Crippen molar-refractivity contribution >= 4 is 37.7 Å². The fourth-order valence-corrected chi connectivity index (χ4v) is 3.96. The Balaban J connectivity index is 2.75. The molecular formula is C12H17BrFNO2S2. The normalized spacial score (nSPS) is 13.5. The third kappa shape index (κ3) is 5.41. The van der Waals surface area contributed by atoms with Gasteiger partial charge in [-0.2, -0.15) is 11.8 Å². The standard InChI is InChI=1S/C12H17BrFNO2S2/c1-3-18-7-6-9(2)15-19(16,17)12-5-4-10(13)8-11(12)14/h4-5,8-9,15H,3,6-7H2,1-2H3. The molecule has 7 heteroatoms.